The normalized spacial score (nSPS) is 10.9. The van der Waals surface area contributed by atoms with Gasteiger partial charge < -0.3 is 23.4 Å². The maximum atomic E-state index is 13.8. The van der Waals surface area contributed by atoms with E-state index in [9.17, 15) is 4.79 Å². The molecule has 5 aromatic rings. The fraction of sp³-hybridized carbons (Fsp3) is 0.129. The Balaban J connectivity index is 1.55. The monoisotopic (exact) mass is 562 g/mol. The molecule has 0 saturated heterocycles. The van der Waals surface area contributed by atoms with Gasteiger partial charge in [0.2, 0.25) is 5.43 Å². The summed E-state index contributed by atoms with van der Waals surface area (Å²) < 4.78 is 28.9. The number of halogens is 2. The Bertz CT molecular complexity index is 1660. The smallest absolute Gasteiger partial charge is 0.204 e. The van der Waals surface area contributed by atoms with Crippen molar-refractivity contribution in [1.82, 2.24) is 0 Å². The lowest BCUT2D eigenvalue weighted by Crippen LogP contribution is -2.08. The largest absolute Gasteiger partial charge is 0.493 e. The van der Waals surface area contributed by atoms with Crippen molar-refractivity contribution in [2.45, 2.75) is 13.2 Å². The van der Waals surface area contributed by atoms with Crippen LogP contribution in [0.3, 0.4) is 0 Å². The SMILES string of the molecule is COc1ccc(-c2coc3cc(OCc4ccc(Cl)cc4)cc(OCc4ccc(Cl)cc4)c3c2=O)cc1OC. The first-order valence-corrected chi connectivity index (χ1v) is 12.8. The Hall–Kier alpha value is -4.13. The highest BCUT2D eigenvalue weighted by Gasteiger charge is 2.18. The fourth-order valence-electron chi connectivity index (χ4n) is 4.08. The minimum absolute atomic E-state index is 0.215. The topological polar surface area (TPSA) is 67.1 Å². The second-order valence-electron chi connectivity index (χ2n) is 8.67. The number of benzene rings is 4. The van der Waals surface area contributed by atoms with E-state index in [-0.39, 0.29) is 12.0 Å². The van der Waals surface area contributed by atoms with E-state index in [1.54, 1.807) is 68.8 Å². The summed E-state index contributed by atoms with van der Waals surface area (Å²) in [6.45, 7) is 0.514. The zero-order valence-corrected chi connectivity index (χ0v) is 22.7. The van der Waals surface area contributed by atoms with E-state index in [1.165, 1.54) is 6.26 Å². The third kappa shape index (κ3) is 5.98. The molecule has 0 bridgehead atoms. The molecule has 0 aliphatic rings. The van der Waals surface area contributed by atoms with Gasteiger partial charge >= 0.3 is 0 Å². The minimum Gasteiger partial charge on any atom is -0.493 e. The molecule has 6 nitrogen and oxygen atoms in total. The predicted octanol–water partition coefficient (Wildman–Crippen LogP) is 7.94. The molecule has 0 amide bonds. The highest BCUT2D eigenvalue weighted by atomic mass is 35.5. The highest BCUT2D eigenvalue weighted by molar-refractivity contribution is 6.30. The molecule has 0 N–H and O–H groups in total. The van der Waals surface area contributed by atoms with Gasteiger partial charge in [0.1, 0.15) is 41.9 Å². The molecule has 0 saturated carbocycles. The highest BCUT2D eigenvalue weighted by Crippen LogP contribution is 2.35. The van der Waals surface area contributed by atoms with E-state index in [2.05, 4.69) is 0 Å². The standard InChI is InChI=1S/C31H24Cl2O6/c1-35-26-12-7-21(13-27(26)36-2)25-18-39-29-15-24(37-16-19-3-8-22(32)9-4-19)14-28(30(29)31(25)34)38-17-20-5-10-23(33)11-6-20/h3-15,18H,16-17H2,1-2H3. The van der Waals surface area contributed by atoms with Crippen molar-refractivity contribution < 1.29 is 23.4 Å². The first-order valence-electron chi connectivity index (χ1n) is 12.0. The molecule has 0 aliphatic carbocycles. The van der Waals surface area contributed by atoms with Crippen LogP contribution < -0.4 is 24.4 Å². The molecule has 0 aliphatic heterocycles. The number of hydrogen-bond donors (Lipinski definition) is 0. The molecule has 0 unspecified atom stereocenters. The summed E-state index contributed by atoms with van der Waals surface area (Å²) in [4.78, 5) is 13.8. The summed E-state index contributed by atoms with van der Waals surface area (Å²) in [5, 5.41) is 1.58. The van der Waals surface area contributed by atoms with Gasteiger partial charge in [0.05, 0.1) is 19.8 Å². The molecule has 0 radical (unpaired) electrons. The summed E-state index contributed by atoms with van der Waals surface area (Å²) in [5.74, 6) is 1.88. The van der Waals surface area contributed by atoms with Crippen LogP contribution in [0.5, 0.6) is 23.0 Å². The molecule has 1 aromatic heterocycles. The number of rotatable bonds is 9. The Kier molecular flexibility index (Phi) is 7.96. The van der Waals surface area contributed by atoms with E-state index in [1.807, 2.05) is 24.3 Å². The molecule has 0 atom stereocenters. The van der Waals surface area contributed by atoms with E-state index >= 15 is 0 Å². The summed E-state index contributed by atoms with van der Waals surface area (Å²) in [5.41, 5.74) is 2.89. The Morgan fingerprint density at radius 1 is 0.692 bits per heavy atom. The average Bonchev–Trinajstić information content (AvgIpc) is 2.96. The first kappa shape index (κ1) is 26.5. The van der Waals surface area contributed by atoms with Gasteiger partial charge in [0.15, 0.2) is 11.5 Å². The van der Waals surface area contributed by atoms with Crippen molar-refractivity contribution in [2.75, 3.05) is 14.2 Å². The van der Waals surface area contributed by atoms with Crippen LogP contribution in [-0.2, 0) is 13.2 Å². The Morgan fingerprint density at radius 2 is 1.31 bits per heavy atom. The number of ether oxygens (including phenoxy) is 4. The maximum Gasteiger partial charge on any atom is 0.204 e. The van der Waals surface area contributed by atoms with Crippen LogP contribution in [0.1, 0.15) is 11.1 Å². The van der Waals surface area contributed by atoms with Crippen molar-refractivity contribution >= 4 is 34.2 Å². The van der Waals surface area contributed by atoms with Crippen LogP contribution in [0, 0.1) is 0 Å². The molecule has 4 aromatic carbocycles. The molecule has 1 heterocycles. The third-order valence-corrected chi connectivity index (χ3v) is 6.64. The van der Waals surface area contributed by atoms with Crippen molar-refractivity contribution in [1.29, 1.82) is 0 Å². The van der Waals surface area contributed by atoms with Gasteiger partial charge in [-0.05, 0) is 53.1 Å². The molecular weight excluding hydrogens is 539 g/mol. The molecule has 8 heteroatoms. The maximum absolute atomic E-state index is 13.8. The molecule has 0 fully saturated rings. The predicted molar refractivity (Wildman–Crippen MR) is 153 cm³/mol. The summed E-state index contributed by atoms with van der Waals surface area (Å²) in [6, 6.07) is 23.3. The molecule has 5 rings (SSSR count). The fourth-order valence-corrected chi connectivity index (χ4v) is 4.33. The van der Waals surface area contributed by atoms with Gasteiger partial charge in [-0.3, -0.25) is 4.79 Å². The van der Waals surface area contributed by atoms with Crippen molar-refractivity contribution in [3.63, 3.8) is 0 Å². The van der Waals surface area contributed by atoms with E-state index < -0.39 is 0 Å². The van der Waals surface area contributed by atoms with Crippen LogP contribution >= 0.6 is 23.2 Å². The van der Waals surface area contributed by atoms with Gasteiger partial charge in [0, 0.05) is 22.2 Å². The van der Waals surface area contributed by atoms with Crippen LogP contribution in [0.2, 0.25) is 10.0 Å². The lowest BCUT2D eigenvalue weighted by Gasteiger charge is -2.14. The average molecular weight is 563 g/mol. The number of methoxy groups -OCH3 is 2. The van der Waals surface area contributed by atoms with Crippen LogP contribution in [0.25, 0.3) is 22.1 Å². The minimum atomic E-state index is -0.251. The molecule has 39 heavy (non-hydrogen) atoms. The van der Waals surface area contributed by atoms with E-state index in [0.29, 0.717) is 61.7 Å². The zero-order chi connectivity index (χ0) is 27.4. The van der Waals surface area contributed by atoms with Gasteiger partial charge in [-0.25, -0.2) is 0 Å². The number of hydrogen-bond acceptors (Lipinski definition) is 6. The van der Waals surface area contributed by atoms with Crippen LogP contribution in [0.15, 0.2) is 94.3 Å². The quantitative estimate of drug-likeness (QED) is 0.181. The first-order chi connectivity index (χ1) is 18.9. The molecule has 198 valence electrons. The summed E-state index contributed by atoms with van der Waals surface area (Å²) in [6.07, 6.45) is 1.43. The molecule has 0 spiro atoms. The lowest BCUT2D eigenvalue weighted by molar-refractivity contribution is 0.292. The molecular formula is C31H24Cl2O6. The van der Waals surface area contributed by atoms with E-state index in [0.717, 1.165) is 11.1 Å². The second kappa shape index (κ2) is 11.7. The number of fused-ring (bicyclic) bond motifs is 1. The lowest BCUT2D eigenvalue weighted by atomic mass is 10.0. The van der Waals surface area contributed by atoms with Crippen LogP contribution in [0.4, 0.5) is 0 Å². The Morgan fingerprint density at radius 3 is 1.92 bits per heavy atom. The van der Waals surface area contributed by atoms with Gasteiger partial charge in [-0.2, -0.15) is 0 Å². The zero-order valence-electron chi connectivity index (χ0n) is 21.2. The van der Waals surface area contributed by atoms with Crippen LogP contribution in [-0.4, -0.2) is 14.2 Å². The summed E-state index contributed by atoms with van der Waals surface area (Å²) in [7, 11) is 3.09. The van der Waals surface area contributed by atoms with Gasteiger partial charge in [-0.15, -0.1) is 0 Å². The summed E-state index contributed by atoms with van der Waals surface area (Å²) >= 11 is 12.0. The van der Waals surface area contributed by atoms with Crippen molar-refractivity contribution in [3.05, 3.63) is 117 Å². The van der Waals surface area contributed by atoms with Gasteiger partial charge in [0.25, 0.3) is 0 Å². The second-order valence-corrected chi connectivity index (χ2v) is 9.55. The Labute approximate surface area is 235 Å². The van der Waals surface area contributed by atoms with E-state index in [4.69, 9.17) is 46.6 Å². The van der Waals surface area contributed by atoms with Gasteiger partial charge in [-0.1, -0.05) is 53.5 Å². The van der Waals surface area contributed by atoms with Crippen molar-refractivity contribution in [2.24, 2.45) is 0 Å². The van der Waals surface area contributed by atoms with Crippen molar-refractivity contribution in [3.8, 4) is 34.1 Å². The third-order valence-electron chi connectivity index (χ3n) is 6.14.